The lowest BCUT2D eigenvalue weighted by atomic mass is 9.98. The first-order valence-electron chi connectivity index (χ1n) is 8.17. The molecule has 126 valence electrons. The third-order valence-electron chi connectivity index (χ3n) is 3.84. The van der Waals surface area contributed by atoms with Crippen molar-refractivity contribution in [2.45, 2.75) is 75.6 Å². The van der Waals surface area contributed by atoms with Crippen molar-refractivity contribution < 1.29 is 9.42 Å². The Hall–Kier alpha value is 0.840. The van der Waals surface area contributed by atoms with E-state index in [1.54, 1.807) is 11.4 Å². The summed E-state index contributed by atoms with van der Waals surface area (Å²) in [4.78, 5) is 10.3. The molecular weight excluding hydrogens is 323 g/mol. The Morgan fingerprint density at radius 2 is 1.43 bits per heavy atom. The normalized spacial score (nSPS) is 24.0. The average Bonchev–Trinajstić information content (AvgIpc) is 2.48. The Kier molecular flexibility index (Phi) is 10.8. The van der Waals surface area contributed by atoms with Crippen LogP contribution in [-0.2, 0) is 16.3 Å². The van der Waals surface area contributed by atoms with Gasteiger partial charge in [-0.05, 0) is 37.5 Å². The maximum Gasteiger partial charge on any atom is 0.245 e. The second kappa shape index (κ2) is 11.4. The van der Waals surface area contributed by atoms with Crippen molar-refractivity contribution in [3.8, 4) is 0 Å². The summed E-state index contributed by atoms with van der Waals surface area (Å²) in [5.41, 5.74) is 7.23. The van der Waals surface area contributed by atoms with Crippen LogP contribution in [0.1, 0.15) is 64.2 Å². The Morgan fingerprint density at radius 1 is 0.952 bits per heavy atom. The van der Waals surface area contributed by atoms with Gasteiger partial charge in [-0.25, -0.2) is 0 Å². The smallest absolute Gasteiger partial charge is 0.245 e. The molecule has 0 saturated heterocycles. The van der Waals surface area contributed by atoms with Crippen molar-refractivity contribution in [1.82, 2.24) is 0 Å². The van der Waals surface area contributed by atoms with Gasteiger partial charge in [0.25, 0.3) is 0 Å². The fraction of sp³-hybridized carbons (Fsp3) is 1.00. The van der Waals surface area contributed by atoms with Gasteiger partial charge < -0.3 is 20.9 Å². The van der Waals surface area contributed by atoms with E-state index >= 15 is 0 Å². The fourth-order valence-electron chi connectivity index (χ4n) is 2.74. The Labute approximate surface area is 138 Å². The van der Waals surface area contributed by atoms with Gasteiger partial charge in [-0.3, -0.25) is 0 Å². The molecule has 7 heteroatoms. The lowest BCUT2D eigenvalue weighted by Crippen LogP contribution is -2.15. The van der Waals surface area contributed by atoms with Crippen LogP contribution in [0.4, 0.5) is 0 Å². The zero-order valence-electron chi connectivity index (χ0n) is 12.9. The molecule has 2 saturated carbocycles. The van der Waals surface area contributed by atoms with E-state index in [9.17, 15) is 4.89 Å². The van der Waals surface area contributed by atoms with Gasteiger partial charge in [0.15, 0.2) is 0 Å². The minimum absolute atomic E-state index is 0.232. The molecule has 0 aromatic rings. The molecule has 1 unspecified atom stereocenters. The van der Waals surface area contributed by atoms with Gasteiger partial charge in [0.1, 0.15) is 0 Å². The molecule has 2 rings (SSSR count). The molecule has 0 heterocycles. The first-order chi connectivity index (χ1) is 10.1. The fourth-order valence-corrected chi connectivity index (χ4v) is 8.04. The summed E-state index contributed by atoms with van der Waals surface area (Å²) in [6, 6.07) is 0. The third kappa shape index (κ3) is 9.54. The van der Waals surface area contributed by atoms with Crippen molar-refractivity contribution in [3.05, 3.63) is 0 Å². The molecule has 0 bridgehead atoms. The summed E-state index contributed by atoms with van der Waals surface area (Å²) >= 11 is 6.89. The van der Waals surface area contributed by atoms with Gasteiger partial charge in [-0.1, -0.05) is 49.9 Å². The quantitative estimate of drug-likeness (QED) is 0.655. The first-order valence-corrected chi connectivity index (χ1v) is 12.3. The van der Waals surface area contributed by atoms with Crippen LogP contribution >= 0.6 is 17.1 Å². The van der Waals surface area contributed by atoms with Crippen LogP contribution in [0, 0.1) is 0 Å². The highest BCUT2D eigenvalue weighted by atomic mass is 32.9. The van der Waals surface area contributed by atoms with Crippen LogP contribution in [0.25, 0.3) is 0 Å². The molecule has 2 aliphatic rings. The summed E-state index contributed by atoms with van der Waals surface area (Å²) in [5.74, 6) is 0. The van der Waals surface area contributed by atoms with E-state index in [1.807, 2.05) is 0 Å². The van der Waals surface area contributed by atoms with Gasteiger partial charge in [0.2, 0.25) is 5.69 Å². The van der Waals surface area contributed by atoms with Gasteiger partial charge in [-0.2, -0.15) is 0 Å². The average molecular weight is 355 g/mol. The second-order valence-electron chi connectivity index (χ2n) is 5.78. The van der Waals surface area contributed by atoms with Crippen LogP contribution in [0.5, 0.6) is 0 Å². The Balaban J connectivity index is 0.000000491. The van der Waals surface area contributed by atoms with Crippen molar-refractivity contribution in [2.24, 2.45) is 11.5 Å². The van der Waals surface area contributed by atoms with E-state index in [-0.39, 0.29) is 6.10 Å². The molecule has 0 spiro atoms. The highest BCUT2D eigenvalue weighted by Crippen LogP contribution is 2.61. The predicted octanol–water partition coefficient (Wildman–Crippen LogP) is 3.52. The summed E-state index contributed by atoms with van der Waals surface area (Å²) < 4.78 is 5.83. The largest absolute Gasteiger partial charge is 0.337 e. The lowest BCUT2D eigenvalue weighted by Gasteiger charge is -2.29. The van der Waals surface area contributed by atoms with Gasteiger partial charge in [0.05, 0.1) is 6.10 Å². The monoisotopic (exact) mass is 354 g/mol. The number of rotatable bonds is 5. The van der Waals surface area contributed by atoms with Crippen LogP contribution < -0.4 is 11.5 Å². The zero-order valence-corrected chi connectivity index (χ0v) is 15.4. The maximum absolute atomic E-state index is 10.3. The van der Waals surface area contributed by atoms with Crippen molar-refractivity contribution in [3.63, 3.8) is 0 Å². The SMILES string of the molecule is NCCN.OP(=S)(OC1CCCCC1)SC1CCCCC1. The number of nitrogens with two attached hydrogens (primary N) is 2. The molecule has 4 nitrogen and oxygen atoms in total. The minimum atomic E-state index is -2.58. The summed E-state index contributed by atoms with van der Waals surface area (Å²) in [7, 11) is 0. The maximum atomic E-state index is 10.3. The lowest BCUT2D eigenvalue weighted by molar-refractivity contribution is 0.161. The molecular formula is C14H31N2O2PS2. The van der Waals surface area contributed by atoms with Crippen LogP contribution in [0.2, 0.25) is 0 Å². The number of hydrogen-bond donors (Lipinski definition) is 3. The third-order valence-corrected chi connectivity index (χ3v) is 8.42. The highest BCUT2D eigenvalue weighted by Gasteiger charge is 2.27. The van der Waals surface area contributed by atoms with E-state index in [1.165, 1.54) is 51.4 Å². The van der Waals surface area contributed by atoms with Gasteiger partial charge in [-0.15, -0.1) is 0 Å². The standard InChI is InChI=1S/C12H23O2PS2.C2H8N2/c13-15(16,14-11-7-3-1-4-8-11)17-12-9-5-2-6-10-12;3-1-2-4/h11-12H,1-10H2,(H,13,16);1-4H2. The Morgan fingerprint density at radius 3 is 1.90 bits per heavy atom. The second-order valence-corrected chi connectivity index (χ2v) is 12.1. The number of hydrogen-bond acceptors (Lipinski definition) is 5. The summed E-state index contributed by atoms with van der Waals surface area (Å²) in [6.07, 6.45) is 12.5. The highest BCUT2D eigenvalue weighted by molar-refractivity contribution is 8.67. The first kappa shape index (κ1) is 19.9. The topological polar surface area (TPSA) is 81.5 Å². The van der Waals surface area contributed by atoms with E-state index in [4.69, 9.17) is 27.8 Å². The molecule has 1 atom stereocenters. The summed E-state index contributed by atoms with van der Waals surface area (Å²) in [5, 5.41) is 0.545. The molecule has 0 aliphatic heterocycles. The van der Waals surface area contributed by atoms with Crippen LogP contribution in [0.3, 0.4) is 0 Å². The zero-order chi connectivity index (χ0) is 15.6. The molecule has 2 aliphatic carbocycles. The molecule has 0 aromatic carbocycles. The Bertz CT molecular complexity index is 283. The van der Waals surface area contributed by atoms with E-state index in [2.05, 4.69) is 0 Å². The molecule has 5 N–H and O–H groups in total. The van der Waals surface area contributed by atoms with Gasteiger partial charge in [0, 0.05) is 18.3 Å². The van der Waals surface area contributed by atoms with E-state index < -0.39 is 5.69 Å². The molecule has 2 fully saturated rings. The van der Waals surface area contributed by atoms with Crippen molar-refractivity contribution >= 4 is 28.9 Å². The van der Waals surface area contributed by atoms with Crippen molar-refractivity contribution in [2.75, 3.05) is 13.1 Å². The molecule has 21 heavy (non-hydrogen) atoms. The predicted molar refractivity (Wildman–Crippen MR) is 97.0 cm³/mol. The van der Waals surface area contributed by atoms with Gasteiger partial charge >= 0.3 is 0 Å². The van der Waals surface area contributed by atoms with Crippen LogP contribution in [-0.4, -0.2) is 29.3 Å². The van der Waals surface area contributed by atoms with E-state index in [0.717, 1.165) is 12.8 Å². The minimum Gasteiger partial charge on any atom is -0.337 e. The summed E-state index contributed by atoms with van der Waals surface area (Å²) in [6.45, 7) is 1.19. The molecule has 0 aromatic heterocycles. The molecule has 0 amide bonds. The van der Waals surface area contributed by atoms with Crippen molar-refractivity contribution in [1.29, 1.82) is 0 Å². The van der Waals surface area contributed by atoms with E-state index in [0.29, 0.717) is 18.3 Å². The molecule has 0 radical (unpaired) electrons. The van der Waals surface area contributed by atoms with Crippen LogP contribution in [0.15, 0.2) is 0 Å².